The summed E-state index contributed by atoms with van der Waals surface area (Å²) in [6.45, 7) is 1.69. The first-order chi connectivity index (χ1) is 12.0. The van der Waals surface area contributed by atoms with E-state index in [0.29, 0.717) is 22.4 Å². The highest BCUT2D eigenvalue weighted by atomic mass is 35.5. The molecule has 0 unspecified atom stereocenters. The molecule has 0 aliphatic rings. The van der Waals surface area contributed by atoms with Crippen molar-refractivity contribution < 1.29 is 9.53 Å². The van der Waals surface area contributed by atoms with E-state index in [4.69, 9.17) is 16.3 Å². The average Bonchev–Trinajstić information content (AvgIpc) is 2.59. The molecule has 2 N–H and O–H groups in total. The summed E-state index contributed by atoms with van der Waals surface area (Å²) in [6.07, 6.45) is 2.50. The van der Waals surface area contributed by atoms with Crippen molar-refractivity contribution in [1.29, 1.82) is 0 Å². The number of aromatic nitrogens is 2. The van der Waals surface area contributed by atoms with Crippen molar-refractivity contribution in [1.82, 2.24) is 14.9 Å². The first kappa shape index (κ1) is 19.0. The predicted molar refractivity (Wildman–Crippen MR) is 99.6 cm³/mol. The van der Waals surface area contributed by atoms with Gasteiger partial charge in [-0.25, -0.2) is 9.97 Å². The molecule has 0 saturated carbocycles. The van der Waals surface area contributed by atoms with E-state index in [2.05, 4.69) is 25.5 Å². The van der Waals surface area contributed by atoms with E-state index in [1.807, 2.05) is 14.1 Å². The van der Waals surface area contributed by atoms with Crippen molar-refractivity contribution in [3.63, 3.8) is 0 Å². The van der Waals surface area contributed by atoms with Crippen molar-refractivity contribution in [3.05, 3.63) is 41.2 Å². The molecule has 1 amide bonds. The third-order valence-electron chi connectivity index (χ3n) is 3.36. The number of halogens is 1. The van der Waals surface area contributed by atoms with E-state index >= 15 is 0 Å². The maximum Gasteiger partial charge on any atom is 0.274 e. The van der Waals surface area contributed by atoms with Crippen LogP contribution < -0.4 is 15.4 Å². The predicted octanol–water partition coefficient (Wildman–Crippen LogP) is 2.75. The number of carbonyl (C=O) groups is 1. The van der Waals surface area contributed by atoms with Crippen LogP contribution in [0.2, 0.25) is 5.02 Å². The number of hydrogen-bond donors (Lipinski definition) is 2. The van der Waals surface area contributed by atoms with Gasteiger partial charge in [-0.05, 0) is 51.3 Å². The lowest BCUT2D eigenvalue weighted by Gasteiger charge is -2.11. The Hall–Kier alpha value is -2.38. The van der Waals surface area contributed by atoms with Gasteiger partial charge in [-0.2, -0.15) is 0 Å². The lowest BCUT2D eigenvalue weighted by Crippen LogP contribution is -2.18. The van der Waals surface area contributed by atoms with E-state index in [1.54, 1.807) is 30.5 Å². The standard InChI is InChI=1S/C17H22ClN5O2/c1-23(2)10-4-8-19-17-20-9-7-13(22-17)16(24)21-14-11-12(18)5-6-15(14)25-3/h5-7,9,11H,4,8,10H2,1-3H3,(H,21,24)(H,19,20,22). The van der Waals surface area contributed by atoms with Gasteiger partial charge in [0.05, 0.1) is 12.8 Å². The minimum Gasteiger partial charge on any atom is -0.495 e. The Kier molecular flexibility index (Phi) is 6.97. The molecule has 0 bridgehead atoms. The molecule has 1 heterocycles. The van der Waals surface area contributed by atoms with E-state index in [-0.39, 0.29) is 11.6 Å². The van der Waals surface area contributed by atoms with E-state index in [9.17, 15) is 4.79 Å². The fourth-order valence-corrected chi connectivity index (χ4v) is 2.30. The Morgan fingerprint density at radius 1 is 1.32 bits per heavy atom. The molecule has 0 saturated heterocycles. The summed E-state index contributed by atoms with van der Waals surface area (Å²) in [5, 5.41) is 6.37. The van der Waals surface area contributed by atoms with Crippen molar-refractivity contribution in [2.45, 2.75) is 6.42 Å². The van der Waals surface area contributed by atoms with Crippen molar-refractivity contribution in [2.75, 3.05) is 44.9 Å². The molecular weight excluding hydrogens is 342 g/mol. The average molecular weight is 364 g/mol. The number of nitrogens with zero attached hydrogens (tertiary/aromatic N) is 3. The molecule has 0 aliphatic carbocycles. The lowest BCUT2D eigenvalue weighted by atomic mass is 10.2. The molecule has 134 valence electrons. The summed E-state index contributed by atoms with van der Waals surface area (Å²) in [5.41, 5.74) is 0.742. The van der Waals surface area contributed by atoms with Gasteiger partial charge in [0.15, 0.2) is 0 Å². The van der Waals surface area contributed by atoms with E-state index in [0.717, 1.165) is 19.5 Å². The Morgan fingerprint density at radius 3 is 2.84 bits per heavy atom. The molecule has 2 aromatic rings. The van der Waals surface area contributed by atoms with Gasteiger partial charge in [-0.1, -0.05) is 11.6 Å². The zero-order valence-electron chi connectivity index (χ0n) is 14.5. The van der Waals surface area contributed by atoms with Gasteiger partial charge in [0.25, 0.3) is 5.91 Å². The van der Waals surface area contributed by atoms with Crippen LogP contribution >= 0.6 is 11.6 Å². The van der Waals surface area contributed by atoms with Crippen LogP contribution in [0.1, 0.15) is 16.9 Å². The zero-order chi connectivity index (χ0) is 18.2. The molecule has 2 rings (SSSR count). The second kappa shape index (κ2) is 9.19. The number of rotatable bonds is 8. The molecule has 8 heteroatoms. The summed E-state index contributed by atoms with van der Waals surface area (Å²) < 4.78 is 5.22. The molecule has 7 nitrogen and oxygen atoms in total. The number of anilines is 2. The summed E-state index contributed by atoms with van der Waals surface area (Å²) in [6, 6.07) is 6.56. The Balaban J connectivity index is 2.02. The second-order valence-corrected chi connectivity index (χ2v) is 6.08. The SMILES string of the molecule is COc1ccc(Cl)cc1NC(=O)c1ccnc(NCCCN(C)C)n1. The Bertz CT molecular complexity index is 724. The van der Waals surface area contributed by atoms with Crippen LogP contribution in [-0.4, -0.2) is 55.1 Å². The molecule has 0 radical (unpaired) electrons. The first-order valence-corrected chi connectivity index (χ1v) is 8.24. The maximum atomic E-state index is 12.4. The minimum atomic E-state index is -0.362. The van der Waals surface area contributed by atoms with Crippen LogP contribution in [-0.2, 0) is 0 Å². The molecule has 25 heavy (non-hydrogen) atoms. The first-order valence-electron chi connectivity index (χ1n) is 7.86. The highest BCUT2D eigenvalue weighted by Crippen LogP contribution is 2.27. The minimum absolute atomic E-state index is 0.257. The molecule has 1 aromatic carbocycles. The Labute approximate surface area is 152 Å². The van der Waals surface area contributed by atoms with Crippen LogP contribution in [0.4, 0.5) is 11.6 Å². The number of amides is 1. The maximum absolute atomic E-state index is 12.4. The van der Waals surface area contributed by atoms with Gasteiger partial charge >= 0.3 is 0 Å². The van der Waals surface area contributed by atoms with Gasteiger partial charge in [0.2, 0.25) is 5.95 Å². The van der Waals surface area contributed by atoms with Crippen LogP contribution in [0, 0.1) is 0 Å². The molecule has 0 aliphatic heterocycles. The van der Waals surface area contributed by atoms with Gasteiger partial charge in [-0.15, -0.1) is 0 Å². The van der Waals surface area contributed by atoms with Gasteiger partial charge < -0.3 is 20.3 Å². The zero-order valence-corrected chi connectivity index (χ0v) is 15.3. The molecule has 1 aromatic heterocycles. The van der Waals surface area contributed by atoms with Crippen LogP contribution in [0.5, 0.6) is 5.75 Å². The number of hydrogen-bond acceptors (Lipinski definition) is 6. The molecule has 0 fully saturated rings. The quantitative estimate of drug-likeness (QED) is 0.702. The fourth-order valence-electron chi connectivity index (χ4n) is 2.13. The summed E-state index contributed by atoms with van der Waals surface area (Å²) >= 11 is 5.98. The molecule has 0 atom stereocenters. The van der Waals surface area contributed by atoms with Crippen molar-refractivity contribution in [3.8, 4) is 5.75 Å². The number of ether oxygens (including phenoxy) is 1. The number of methoxy groups -OCH3 is 1. The number of carbonyl (C=O) groups excluding carboxylic acids is 1. The third-order valence-corrected chi connectivity index (χ3v) is 3.60. The highest BCUT2D eigenvalue weighted by Gasteiger charge is 2.12. The van der Waals surface area contributed by atoms with Crippen molar-refractivity contribution >= 4 is 29.1 Å². The van der Waals surface area contributed by atoms with Crippen LogP contribution in [0.25, 0.3) is 0 Å². The third kappa shape index (κ3) is 5.88. The number of nitrogens with one attached hydrogen (secondary N) is 2. The van der Waals surface area contributed by atoms with Gasteiger partial charge in [0.1, 0.15) is 11.4 Å². The summed E-state index contributed by atoms with van der Waals surface area (Å²) in [7, 11) is 5.57. The van der Waals surface area contributed by atoms with Gasteiger partial charge in [-0.3, -0.25) is 4.79 Å². The monoisotopic (exact) mass is 363 g/mol. The topological polar surface area (TPSA) is 79.4 Å². The summed E-state index contributed by atoms with van der Waals surface area (Å²) in [4.78, 5) is 22.9. The fraction of sp³-hybridized carbons (Fsp3) is 0.353. The van der Waals surface area contributed by atoms with E-state index < -0.39 is 0 Å². The Morgan fingerprint density at radius 2 is 2.12 bits per heavy atom. The second-order valence-electron chi connectivity index (χ2n) is 5.65. The largest absolute Gasteiger partial charge is 0.495 e. The smallest absolute Gasteiger partial charge is 0.274 e. The van der Waals surface area contributed by atoms with Crippen molar-refractivity contribution in [2.24, 2.45) is 0 Å². The molecular formula is C17H22ClN5O2. The lowest BCUT2D eigenvalue weighted by molar-refractivity contribution is 0.102. The molecule has 0 spiro atoms. The van der Waals surface area contributed by atoms with Gasteiger partial charge in [0, 0.05) is 17.8 Å². The highest BCUT2D eigenvalue weighted by molar-refractivity contribution is 6.31. The normalized spacial score (nSPS) is 10.6. The van der Waals surface area contributed by atoms with Crippen LogP contribution in [0.3, 0.4) is 0 Å². The summed E-state index contributed by atoms with van der Waals surface area (Å²) in [5.74, 6) is 0.581. The van der Waals surface area contributed by atoms with Crippen LogP contribution in [0.15, 0.2) is 30.5 Å². The number of benzene rings is 1. The van der Waals surface area contributed by atoms with E-state index in [1.165, 1.54) is 7.11 Å².